The van der Waals surface area contributed by atoms with Crippen LogP contribution in [0.3, 0.4) is 0 Å². The van der Waals surface area contributed by atoms with Crippen LogP contribution >= 0.6 is 0 Å². The minimum atomic E-state index is 0.720. The lowest BCUT2D eigenvalue weighted by Gasteiger charge is -2.06. The fraction of sp³-hybridized carbons (Fsp3) is 0.429. The van der Waals surface area contributed by atoms with Gasteiger partial charge in [0.15, 0.2) is 0 Å². The van der Waals surface area contributed by atoms with E-state index in [-0.39, 0.29) is 0 Å². The lowest BCUT2D eigenvalue weighted by atomic mass is 10.1. The molecule has 2 aromatic rings. The molecule has 2 nitrogen and oxygen atoms in total. The summed E-state index contributed by atoms with van der Waals surface area (Å²) in [5, 5.41) is 1.38. The number of hydrogen-bond donors (Lipinski definition) is 1. The predicted molar refractivity (Wildman–Crippen MR) is 69.8 cm³/mol. The third kappa shape index (κ3) is 1.54. The van der Waals surface area contributed by atoms with E-state index in [0.717, 1.165) is 19.5 Å². The molecular formula is C14H20N2. The van der Waals surface area contributed by atoms with Crippen LogP contribution in [0, 0.1) is 13.8 Å². The van der Waals surface area contributed by atoms with Gasteiger partial charge in [0.25, 0.3) is 0 Å². The smallest absolute Gasteiger partial charge is 0.0514 e. The molecule has 0 bridgehead atoms. The first kappa shape index (κ1) is 11.2. The average Bonchev–Trinajstić information content (AvgIpc) is 2.54. The Morgan fingerprint density at radius 1 is 1.25 bits per heavy atom. The second-order valence-electron chi connectivity index (χ2n) is 4.32. The Labute approximate surface area is 97.1 Å². The highest BCUT2D eigenvalue weighted by Gasteiger charge is 2.13. The SMILES string of the molecule is CCn1c(C)c(CCN)c2cccc(C)c21. The lowest BCUT2D eigenvalue weighted by molar-refractivity contribution is 0.758. The summed E-state index contributed by atoms with van der Waals surface area (Å²) in [4.78, 5) is 0. The summed E-state index contributed by atoms with van der Waals surface area (Å²) < 4.78 is 2.40. The molecule has 0 saturated heterocycles. The number of aromatic nitrogens is 1. The molecule has 16 heavy (non-hydrogen) atoms. The van der Waals surface area contributed by atoms with Gasteiger partial charge in [0.05, 0.1) is 5.52 Å². The summed E-state index contributed by atoms with van der Waals surface area (Å²) in [6, 6.07) is 6.53. The van der Waals surface area contributed by atoms with Crippen molar-refractivity contribution in [1.29, 1.82) is 0 Å². The molecule has 0 aliphatic heterocycles. The van der Waals surface area contributed by atoms with Crippen molar-refractivity contribution in [2.45, 2.75) is 33.7 Å². The molecular weight excluding hydrogens is 196 g/mol. The van der Waals surface area contributed by atoms with E-state index in [1.54, 1.807) is 0 Å². The van der Waals surface area contributed by atoms with Crippen molar-refractivity contribution in [2.75, 3.05) is 6.54 Å². The third-order valence-electron chi connectivity index (χ3n) is 3.38. The van der Waals surface area contributed by atoms with Gasteiger partial charge >= 0.3 is 0 Å². The van der Waals surface area contributed by atoms with Crippen molar-refractivity contribution < 1.29 is 0 Å². The van der Waals surface area contributed by atoms with Crippen LogP contribution in [0.4, 0.5) is 0 Å². The Kier molecular flexibility index (Phi) is 3.01. The van der Waals surface area contributed by atoms with Gasteiger partial charge in [0.2, 0.25) is 0 Å². The van der Waals surface area contributed by atoms with Gasteiger partial charge in [-0.3, -0.25) is 0 Å². The molecule has 2 rings (SSSR count). The summed E-state index contributed by atoms with van der Waals surface area (Å²) in [6.07, 6.45) is 0.971. The highest BCUT2D eigenvalue weighted by molar-refractivity contribution is 5.88. The fourth-order valence-corrected chi connectivity index (χ4v) is 2.64. The first-order chi connectivity index (χ1) is 7.70. The maximum absolute atomic E-state index is 5.70. The van der Waals surface area contributed by atoms with E-state index in [0.29, 0.717) is 0 Å². The van der Waals surface area contributed by atoms with Crippen molar-refractivity contribution in [1.82, 2.24) is 4.57 Å². The number of para-hydroxylation sites is 1. The predicted octanol–water partition coefficient (Wildman–Crippen LogP) is 2.78. The number of fused-ring (bicyclic) bond motifs is 1. The van der Waals surface area contributed by atoms with E-state index in [1.807, 2.05) is 0 Å². The zero-order valence-electron chi connectivity index (χ0n) is 10.4. The van der Waals surface area contributed by atoms with Crippen molar-refractivity contribution in [3.8, 4) is 0 Å². The molecule has 0 saturated carbocycles. The molecule has 0 fully saturated rings. The molecule has 1 aromatic heterocycles. The number of hydrogen-bond acceptors (Lipinski definition) is 1. The largest absolute Gasteiger partial charge is 0.345 e. The molecule has 0 spiro atoms. The molecule has 0 unspecified atom stereocenters. The fourth-order valence-electron chi connectivity index (χ4n) is 2.64. The minimum absolute atomic E-state index is 0.720. The Morgan fingerprint density at radius 3 is 2.62 bits per heavy atom. The molecule has 0 radical (unpaired) electrons. The standard InChI is InChI=1S/C14H20N2/c1-4-16-11(3)12(8-9-15)13-7-5-6-10(2)14(13)16/h5-7H,4,8-9,15H2,1-3H3. The molecule has 1 heterocycles. The lowest BCUT2D eigenvalue weighted by Crippen LogP contribution is -2.04. The van der Waals surface area contributed by atoms with Crippen LogP contribution in [-0.4, -0.2) is 11.1 Å². The maximum atomic E-state index is 5.70. The van der Waals surface area contributed by atoms with E-state index in [1.165, 1.54) is 27.7 Å². The van der Waals surface area contributed by atoms with Crippen LogP contribution in [0.5, 0.6) is 0 Å². The average molecular weight is 216 g/mol. The number of rotatable bonds is 3. The van der Waals surface area contributed by atoms with Crippen LogP contribution in [0.1, 0.15) is 23.7 Å². The molecule has 2 N–H and O–H groups in total. The highest BCUT2D eigenvalue weighted by Crippen LogP contribution is 2.28. The molecule has 2 heteroatoms. The van der Waals surface area contributed by atoms with Gasteiger partial charge in [0, 0.05) is 17.6 Å². The van der Waals surface area contributed by atoms with Gasteiger partial charge < -0.3 is 10.3 Å². The van der Waals surface area contributed by atoms with E-state index >= 15 is 0 Å². The van der Waals surface area contributed by atoms with Gasteiger partial charge in [-0.1, -0.05) is 18.2 Å². The van der Waals surface area contributed by atoms with Crippen LogP contribution in [0.25, 0.3) is 10.9 Å². The maximum Gasteiger partial charge on any atom is 0.0514 e. The van der Waals surface area contributed by atoms with E-state index < -0.39 is 0 Å². The second kappa shape index (κ2) is 4.30. The van der Waals surface area contributed by atoms with Gasteiger partial charge in [0.1, 0.15) is 0 Å². The number of nitrogens with two attached hydrogens (primary N) is 1. The quantitative estimate of drug-likeness (QED) is 0.840. The Balaban J connectivity index is 2.81. The van der Waals surface area contributed by atoms with E-state index in [2.05, 4.69) is 43.5 Å². The summed E-state index contributed by atoms with van der Waals surface area (Å²) in [5.41, 5.74) is 11.2. The summed E-state index contributed by atoms with van der Waals surface area (Å²) >= 11 is 0. The first-order valence-electron chi connectivity index (χ1n) is 5.98. The summed E-state index contributed by atoms with van der Waals surface area (Å²) in [6.45, 7) is 8.33. The van der Waals surface area contributed by atoms with E-state index in [9.17, 15) is 0 Å². The van der Waals surface area contributed by atoms with Gasteiger partial charge in [-0.05, 0) is 44.9 Å². The molecule has 0 aliphatic rings. The number of benzene rings is 1. The molecule has 1 aromatic carbocycles. The summed E-state index contributed by atoms with van der Waals surface area (Å²) in [7, 11) is 0. The Morgan fingerprint density at radius 2 is 2.00 bits per heavy atom. The normalized spacial score (nSPS) is 11.2. The summed E-state index contributed by atoms with van der Waals surface area (Å²) in [5.74, 6) is 0. The van der Waals surface area contributed by atoms with Crippen LogP contribution in [-0.2, 0) is 13.0 Å². The topological polar surface area (TPSA) is 30.9 Å². The van der Waals surface area contributed by atoms with Crippen LogP contribution in [0.2, 0.25) is 0 Å². The van der Waals surface area contributed by atoms with Crippen molar-refractivity contribution in [3.63, 3.8) is 0 Å². The zero-order valence-corrected chi connectivity index (χ0v) is 10.4. The van der Waals surface area contributed by atoms with Crippen LogP contribution < -0.4 is 5.73 Å². The third-order valence-corrected chi connectivity index (χ3v) is 3.38. The van der Waals surface area contributed by atoms with Crippen molar-refractivity contribution in [3.05, 3.63) is 35.0 Å². The molecule has 0 atom stereocenters. The number of aryl methyl sites for hydroxylation is 2. The monoisotopic (exact) mass is 216 g/mol. The Hall–Kier alpha value is -1.28. The van der Waals surface area contributed by atoms with Gasteiger partial charge in [-0.15, -0.1) is 0 Å². The highest BCUT2D eigenvalue weighted by atomic mass is 15.0. The molecule has 0 amide bonds. The van der Waals surface area contributed by atoms with Crippen molar-refractivity contribution >= 4 is 10.9 Å². The minimum Gasteiger partial charge on any atom is -0.345 e. The van der Waals surface area contributed by atoms with Gasteiger partial charge in [-0.2, -0.15) is 0 Å². The second-order valence-corrected chi connectivity index (χ2v) is 4.32. The molecule has 0 aliphatic carbocycles. The van der Waals surface area contributed by atoms with E-state index in [4.69, 9.17) is 5.73 Å². The molecule has 86 valence electrons. The number of nitrogens with zero attached hydrogens (tertiary/aromatic N) is 1. The van der Waals surface area contributed by atoms with Crippen LogP contribution in [0.15, 0.2) is 18.2 Å². The Bertz CT molecular complexity index is 509. The first-order valence-corrected chi connectivity index (χ1v) is 5.98. The zero-order chi connectivity index (χ0) is 11.7. The van der Waals surface area contributed by atoms with Gasteiger partial charge in [-0.25, -0.2) is 0 Å². The van der Waals surface area contributed by atoms with Crippen molar-refractivity contribution in [2.24, 2.45) is 5.73 Å².